The van der Waals surface area contributed by atoms with Gasteiger partial charge in [0.2, 0.25) is 0 Å². The highest BCUT2D eigenvalue weighted by molar-refractivity contribution is 9.10. The van der Waals surface area contributed by atoms with E-state index in [9.17, 15) is 5.11 Å². The lowest BCUT2D eigenvalue weighted by molar-refractivity contribution is -0.0132. The third-order valence-corrected chi connectivity index (χ3v) is 4.59. The summed E-state index contributed by atoms with van der Waals surface area (Å²) in [6.07, 6.45) is 4.32. The highest BCUT2D eigenvalue weighted by Gasteiger charge is 2.33. The first-order chi connectivity index (χ1) is 8.49. The Morgan fingerprint density at radius 1 is 1.56 bits per heavy atom. The van der Waals surface area contributed by atoms with Gasteiger partial charge < -0.3 is 10.4 Å². The Kier molecular flexibility index (Phi) is 4.64. The molecule has 1 atom stereocenters. The predicted molar refractivity (Wildman–Crippen MR) is 76.9 cm³/mol. The van der Waals surface area contributed by atoms with Crippen molar-refractivity contribution in [2.45, 2.75) is 31.8 Å². The minimum atomic E-state index is -0.699. The molecule has 18 heavy (non-hydrogen) atoms. The zero-order valence-electron chi connectivity index (χ0n) is 10.4. The third kappa shape index (κ3) is 3.44. The molecule has 1 aromatic rings. The first-order valence-electron chi connectivity index (χ1n) is 6.22. The summed E-state index contributed by atoms with van der Waals surface area (Å²) in [5, 5.41) is 14.5. The van der Waals surface area contributed by atoms with E-state index in [1.54, 1.807) is 6.20 Å². The lowest BCUT2D eigenvalue weighted by atomic mass is 9.78. The number of halogens is 2. The molecule has 5 heteroatoms. The van der Waals surface area contributed by atoms with Gasteiger partial charge in [0, 0.05) is 17.1 Å². The molecule has 1 aliphatic rings. The Bertz CT molecular complexity index is 419. The van der Waals surface area contributed by atoms with Crippen LogP contribution in [0.3, 0.4) is 0 Å². The molecule has 0 bridgehead atoms. The van der Waals surface area contributed by atoms with Crippen LogP contribution in [-0.4, -0.2) is 28.8 Å². The van der Waals surface area contributed by atoms with E-state index >= 15 is 0 Å². The SMILES string of the molecule is CC(O)(Cc1cc(Cl)ncc1Br)C1CCNCC1. The minimum Gasteiger partial charge on any atom is -0.390 e. The zero-order valence-corrected chi connectivity index (χ0v) is 12.8. The number of rotatable bonds is 3. The second-order valence-electron chi connectivity index (χ2n) is 5.16. The summed E-state index contributed by atoms with van der Waals surface area (Å²) in [5.74, 6) is 0.331. The van der Waals surface area contributed by atoms with E-state index < -0.39 is 5.60 Å². The van der Waals surface area contributed by atoms with Gasteiger partial charge in [0.25, 0.3) is 0 Å². The molecular weight excluding hydrogens is 316 g/mol. The Morgan fingerprint density at radius 2 is 2.22 bits per heavy atom. The molecule has 0 amide bonds. The Labute approximate surface area is 121 Å². The lowest BCUT2D eigenvalue weighted by Gasteiger charge is -2.36. The van der Waals surface area contributed by atoms with Crippen LogP contribution in [0.4, 0.5) is 0 Å². The van der Waals surface area contributed by atoms with Gasteiger partial charge in [0.05, 0.1) is 5.60 Å². The van der Waals surface area contributed by atoms with Gasteiger partial charge in [-0.2, -0.15) is 0 Å². The number of hydrogen-bond donors (Lipinski definition) is 2. The fourth-order valence-electron chi connectivity index (χ4n) is 2.56. The monoisotopic (exact) mass is 332 g/mol. The van der Waals surface area contributed by atoms with E-state index in [2.05, 4.69) is 26.2 Å². The molecule has 1 aromatic heterocycles. The van der Waals surface area contributed by atoms with E-state index in [1.165, 1.54) is 0 Å². The van der Waals surface area contributed by atoms with Crippen molar-refractivity contribution < 1.29 is 5.11 Å². The summed E-state index contributed by atoms with van der Waals surface area (Å²) >= 11 is 9.37. The van der Waals surface area contributed by atoms with Gasteiger partial charge in [-0.05, 0) is 66.3 Å². The molecule has 0 saturated carbocycles. The van der Waals surface area contributed by atoms with Gasteiger partial charge in [-0.15, -0.1) is 0 Å². The number of piperidine rings is 1. The van der Waals surface area contributed by atoms with Gasteiger partial charge in [-0.25, -0.2) is 4.98 Å². The van der Waals surface area contributed by atoms with Crippen molar-refractivity contribution >= 4 is 27.5 Å². The molecule has 0 aromatic carbocycles. The van der Waals surface area contributed by atoms with Crippen LogP contribution in [0.15, 0.2) is 16.7 Å². The van der Waals surface area contributed by atoms with E-state index in [4.69, 9.17) is 11.6 Å². The van der Waals surface area contributed by atoms with Crippen molar-refractivity contribution in [3.05, 3.63) is 27.5 Å². The first-order valence-corrected chi connectivity index (χ1v) is 7.39. The Morgan fingerprint density at radius 3 is 2.89 bits per heavy atom. The topological polar surface area (TPSA) is 45.2 Å². The summed E-state index contributed by atoms with van der Waals surface area (Å²) in [4.78, 5) is 4.01. The van der Waals surface area contributed by atoms with Crippen LogP contribution in [-0.2, 0) is 6.42 Å². The van der Waals surface area contributed by atoms with Crippen LogP contribution in [0.25, 0.3) is 0 Å². The number of pyridine rings is 1. The quantitative estimate of drug-likeness (QED) is 0.836. The molecular formula is C13H18BrClN2O. The number of hydrogen-bond acceptors (Lipinski definition) is 3. The van der Waals surface area contributed by atoms with Crippen LogP contribution >= 0.6 is 27.5 Å². The number of nitrogens with one attached hydrogen (secondary N) is 1. The van der Waals surface area contributed by atoms with Crippen LogP contribution in [0, 0.1) is 5.92 Å². The summed E-state index contributed by atoms with van der Waals surface area (Å²) in [7, 11) is 0. The molecule has 0 aliphatic carbocycles. The number of nitrogens with zero attached hydrogens (tertiary/aromatic N) is 1. The molecule has 2 N–H and O–H groups in total. The van der Waals surface area contributed by atoms with Crippen molar-refractivity contribution in [2.75, 3.05) is 13.1 Å². The molecule has 1 unspecified atom stereocenters. The maximum absolute atomic E-state index is 10.7. The summed E-state index contributed by atoms with van der Waals surface area (Å²) in [6.45, 7) is 3.89. The van der Waals surface area contributed by atoms with Crippen LogP contribution in [0.5, 0.6) is 0 Å². The standard InChI is InChI=1S/C13H18BrClN2O/c1-13(18,10-2-4-16-5-3-10)7-9-6-12(15)17-8-11(9)14/h6,8,10,16,18H,2-5,7H2,1H3. The maximum atomic E-state index is 10.7. The minimum absolute atomic E-state index is 0.331. The van der Waals surface area contributed by atoms with E-state index in [-0.39, 0.29) is 0 Å². The normalized spacial score (nSPS) is 20.7. The van der Waals surface area contributed by atoms with Gasteiger partial charge in [0.15, 0.2) is 0 Å². The van der Waals surface area contributed by atoms with Crippen LogP contribution < -0.4 is 5.32 Å². The van der Waals surface area contributed by atoms with Crippen molar-refractivity contribution in [1.82, 2.24) is 10.3 Å². The highest BCUT2D eigenvalue weighted by Crippen LogP contribution is 2.31. The second-order valence-corrected chi connectivity index (χ2v) is 6.40. The lowest BCUT2D eigenvalue weighted by Crippen LogP contribution is -2.43. The van der Waals surface area contributed by atoms with E-state index in [0.29, 0.717) is 17.5 Å². The van der Waals surface area contributed by atoms with Gasteiger partial charge >= 0.3 is 0 Å². The molecule has 2 heterocycles. The number of aliphatic hydroxyl groups is 1. The molecule has 1 fully saturated rings. The molecule has 100 valence electrons. The second kappa shape index (κ2) is 5.87. The largest absolute Gasteiger partial charge is 0.390 e. The summed E-state index contributed by atoms with van der Waals surface area (Å²) in [6, 6.07) is 1.82. The van der Waals surface area contributed by atoms with Crippen molar-refractivity contribution in [2.24, 2.45) is 5.92 Å². The molecule has 1 aliphatic heterocycles. The molecule has 1 saturated heterocycles. The first kappa shape index (κ1) is 14.3. The fraction of sp³-hybridized carbons (Fsp3) is 0.615. The average Bonchev–Trinajstić information content (AvgIpc) is 2.35. The molecule has 0 spiro atoms. The van der Waals surface area contributed by atoms with Crippen LogP contribution in [0.1, 0.15) is 25.3 Å². The Balaban J connectivity index is 2.13. The van der Waals surface area contributed by atoms with Gasteiger partial charge in [-0.3, -0.25) is 0 Å². The van der Waals surface area contributed by atoms with Crippen molar-refractivity contribution in [3.8, 4) is 0 Å². The number of aromatic nitrogens is 1. The van der Waals surface area contributed by atoms with Crippen molar-refractivity contribution in [1.29, 1.82) is 0 Å². The highest BCUT2D eigenvalue weighted by atomic mass is 79.9. The average molecular weight is 334 g/mol. The van der Waals surface area contributed by atoms with Crippen LogP contribution in [0.2, 0.25) is 5.15 Å². The fourth-order valence-corrected chi connectivity index (χ4v) is 3.10. The van der Waals surface area contributed by atoms with E-state index in [0.717, 1.165) is 36.0 Å². The Hall–Kier alpha value is -0.160. The smallest absolute Gasteiger partial charge is 0.129 e. The summed E-state index contributed by atoms with van der Waals surface area (Å²) in [5.41, 5.74) is 0.313. The molecule has 3 nitrogen and oxygen atoms in total. The van der Waals surface area contributed by atoms with E-state index in [1.807, 2.05) is 13.0 Å². The van der Waals surface area contributed by atoms with Gasteiger partial charge in [0.1, 0.15) is 5.15 Å². The zero-order chi connectivity index (χ0) is 13.2. The summed E-state index contributed by atoms with van der Waals surface area (Å²) < 4.78 is 0.904. The van der Waals surface area contributed by atoms with Crippen molar-refractivity contribution in [3.63, 3.8) is 0 Å². The molecule has 2 rings (SSSR count). The predicted octanol–water partition coefficient (Wildman–Crippen LogP) is 2.79. The third-order valence-electron chi connectivity index (χ3n) is 3.67. The molecule has 0 radical (unpaired) electrons. The van der Waals surface area contributed by atoms with Gasteiger partial charge in [-0.1, -0.05) is 11.6 Å². The maximum Gasteiger partial charge on any atom is 0.129 e.